The third-order valence-electron chi connectivity index (χ3n) is 3.45. The number of thioether (sulfide) groups is 1. The maximum absolute atomic E-state index is 12.5. The third kappa shape index (κ3) is 3.16. The summed E-state index contributed by atoms with van der Waals surface area (Å²) in [6.45, 7) is 1.89. The summed E-state index contributed by atoms with van der Waals surface area (Å²) in [7, 11) is 1.61. The molecular weight excluding hydrogens is 316 g/mol. The minimum absolute atomic E-state index is 0.159. The van der Waals surface area contributed by atoms with Gasteiger partial charge in [-0.05, 0) is 42.4 Å². The van der Waals surface area contributed by atoms with Crippen LogP contribution in [0.5, 0.6) is 5.95 Å². The number of carbonyl (C=O) groups excluding carboxylic acids is 1. The van der Waals surface area contributed by atoms with Crippen LogP contribution in [0, 0.1) is 0 Å². The van der Waals surface area contributed by atoms with Gasteiger partial charge < -0.3 is 19.9 Å². The van der Waals surface area contributed by atoms with Crippen LogP contribution in [0.1, 0.15) is 13.3 Å². The van der Waals surface area contributed by atoms with Crippen molar-refractivity contribution >= 4 is 34.3 Å². The average Bonchev–Trinajstić information content (AvgIpc) is 3.12. The smallest absolute Gasteiger partial charge is 0.291 e. The monoisotopic (exact) mass is 332 g/mol. The molecular formula is C15H16N4O3S. The molecule has 1 amide bonds. The highest BCUT2D eigenvalue weighted by Crippen LogP contribution is 2.29. The highest BCUT2D eigenvalue weighted by molar-refractivity contribution is 8.00. The van der Waals surface area contributed by atoms with E-state index in [4.69, 9.17) is 0 Å². The number of carbonyl (C=O) groups is 1. The van der Waals surface area contributed by atoms with Crippen LogP contribution in [-0.2, 0) is 11.8 Å². The van der Waals surface area contributed by atoms with Crippen LogP contribution < -0.4 is 15.1 Å². The Morgan fingerprint density at radius 2 is 2.35 bits per heavy atom. The van der Waals surface area contributed by atoms with Crippen molar-refractivity contribution in [2.45, 2.75) is 23.6 Å². The molecule has 2 N–H and O–H groups in total. The molecule has 3 rings (SSSR count). The van der Waals surface area contributed by atoms with E-state index in [-0.39, 0.29) is 5.91 Å². The van der Waals surface area contributed by atoms with Gasteiger partial charge in [0.2, 0.25) is 5.91 Å². The van der Waals surface area contributed by atoms with E-state index in [9.17, 15) is 9.90 Å². The van der Waals surface area contributed by atoms with Gasteiger partial charge in [-0.15, -0.1) is 0 Å². The lowest BCUT2D eigenvalue weighted by atomic mass is 10.2. The molecule has 0 aliphatic heterocycles. The molecule has 1 aromatic carbocycles. The van der Waals surface area contributed by atoms with Crippen molar-refractivity contribution < 1.29 is 19.1 Å². The van der Waals surface area contributed by atoms with Crippen LogP contribution in [0.2, 0.25) is 0 Å². The van der Waals surface area contributed by atoms with E-state index in [1.807, 2.05) is 37.4 Å². The van der Waals surface area contributed by atoms with Gasteiger partial charge >= 0.3 is 0 Å². The average molecular weight is 332 g/mol. The Morgan fingerprint density at radius 1 is 1.52 bits per heavy atom. The number of H-pyrrole nitrogens is 1. The number of hydrogen-bond acceptors (Lipinski definition) is 5. The van der Waals surface area contributed by atoms with E-state index in [0.717, 1.165) is 28.4 Å². The fourth-order valence-electron chi connectivity index (χ4n) is 2.24. The number of aromatic amines is 1. The number of anilines is 1. The van der Waals surface area contributed by atoms with Crippen molar-refractivity contribution in [2.75, 3.05) is 5.32 Å². The van der Waals surface area contributed by atoms with E-state index < -0.39 is 11.2 Å². The molecule has 0 fully saturated rings. The lowest BCUT2D eigenvalue weighted by Crippen LogP contribution is -2.34. The first-order chi connectivity index (χ1) is 11.1. The molecule has 0 bridgehead atoms. The minimum atomic E-state index is -0.530. The standard InChI is InChI=1S/C15H15N4O3S/c1-3-12(23-14-15(21)22-18-19(14)2)13(20)17-10-4-5-11-9(8-10)6-7-16-11/h4-8,12,21H,3H2,1-2H3/q-1/p+1. The van der Waals surface area contributed by atoms with E-state index in [0.29, 0.717) is 11.4 Å². The molecule has 0 aliphatic carbocycles. The quantitative estimate of drug-likeness (QED) is 0.546. The normalized spacial score (nSPS) is 12.4. The fourth-order valence-corrected chi connectivity index (χ4v) is 3.16. The summed E-state index contributed by atoms with van der Waals surface area (Å²) in [6.07, 6.45) is 2.43. The van der Waals surface area contributed by atoms with Gasteiger partial charge in [-0.2, -0.15) is 0 Å². The van der Waals surface area contributed by atoms with Crippen LogP contribution in [0.25, 0.3) is 10.9 Å². The first kappa shape index (κ1) is 15.4. The summed E-state index contributed by atoms with van der Waals surface area (Å²) in [4.78, 5) is 15.6. The van der Waals surface area contributed by atoms with Crippen molar-refractivity contribution in [3.63, 3.8) is 0 Å². The van der Waals surface area contributed by atoms with Gasteiger partial charge in [0.05, 0.1) is 10.5 Å². The fraction of sp³-hybridized carbons (Fsp3) is 0.267. The topological polar surface area (TPSA) is 97.9 Å². The number of rotatable bonds is 5. The lowest BCUT2D eigenvalue weighted by molar-refractivity contribution is -0.772. The predicted molar refractivity (Wildman–Crippen MR) is 84.0 cm³/mol. The Labute approximate surface area is 136 Å². The Balaban J connectivity index is 1.74. The van der Waals surface area contributed by atoms with Gasteiger partial charge in [-0.1, -0.05) is 11.6 Å². The second-order valence-electron chi connectivity index (χ2n) is 5.07. The molecule has 0 spiro atoms. The molecule has 0 saturated heterocycles. The van der Waals surface area contributed by atoms with Crippen LogP contribution >= 0.6 is 11.8 Å². The number of aryl methyl sites for hydroxylation is 1. The zero-order valence-electron chi connectivity index (χ0n) is 12.7. The third-order valence-corrected chi connectivity index (χ3v) is 4.94. The summed E-state index contributed by atoms with van der Waals surface area (Å²) in [5.41, 5.74) is 1.73. The molecule has 1 atom stereocenters. The highest BCUT2D eigenvalue weighted by atomic mass is 32.2. The van der Waals surface area contributed by atoms with Crippen LogP contribution in [0.4, 0.5) is 5.69 Å². The molecule has 2 aromatic heterocycles. The summed E-state index contributed by atoms with van der Waals surface area (Å²) < 4.78 is 5.92. The van der Waals surface area contributed by atoms with Crippen molar-refractivity contribution in [3.8, 4) is 5.95 Å². The molecule has 23 heavy (non-hydrogen) atoms. The number of benzene rings is 1. The Hall–Kier alpha value is -2.48. The lowest BCUT2D eigenvalue weighted by Gasteiger charge is -2.13. The van der Waals surface area contributed by atoms with Crippen molar-refractivity contribution in [1.82, 2.24) is 10.3 Å². The predicted octanol–water partition coefficient (Wildman–Crippen LogP) is 1.56. The Morgan fingerprint density at radius 3 is 3.04 bits per heavy atom. The molecule has 3 aromatic rings. The summed E-state index contributed by atoms with van der Waals surface area (Å²) in [5.74, 6) is -0.689. The van der Waals surface area contributed by atoms with Gasteiger partial charge in [0.15, 0.2) is 13.0 Å². The first-order valence-electron chi connectivity index (χ1n) is 7.16. The van der Waals surface area contributed by atoms with Gasteiger partial charge in [-0.3, -0.25) is 4.79 Å². The molecule has 8 heteroatoms. The minimum Gasteiger partial charge on any atom is -0.538 e. The number of nitrogens with one attached hydrogen (secondary N) is 2. The Kier molecular flexibility index (Phi) is 4.24. The maximum atomic E-state index is 12.5. The molecule has 120 valence electrons. The van der Waals surface area contributed by atoms with Crippen LogP contribution in [0.3, 0.4) is 0 Å². The molecule has 0 aliphatic rings. The summed E-state index contributed by atoms with van der Waals surface area (Å²) in [5, 5.41) is 19.0. The molecule has 1 unspecified atom stereocenters. The summed E-state index contributed by atoms with van der Waals surface area (Å²) >= 11 is 1.16. The van der Waals surface area contributed by atoms with Crippen molar-refractivity contribution in [3.05, 3.63) is 30.5 Å². The van der Waals surface area contributed by atoms with E-state index in [1.54, 1.807) is 7.05 Å². The van der Waals surface area contributed by atoms with Gasteiger partial charge in [-0.25, -0.2) is 0 Å². The highest BCUT2D eigenvalue weighted by Gasteiger charge is 2.25. The van der Waals surface area contributed by atoms with Crippen LogP contribution in [0.15, 0.2) is 40.0 Å². The first-order valence-corrected chi connectivity index (χ1v) is 8.04. The second kappa shape index (κ2) is 6.33. The summed E-state index contributed by atoms with van der Waals surface area (Å²) in [6, 6.07) is 7.60. The zero-order valence-corrected chi connectivity index (χ0v) is 13.5. The van der Waals surface area contributed by atoms with Crippen molar-refractivity contribution in [1.29, 1.82) is 0 Å². The molecule has 2 heterocycles. The number of nitrogens with zero attached hydrogens (tertiary/aromatic N) is 2. The van der Waals surface area contributed by atoms with Crippen molar-refractivity contribution in [2.24, 2.45) is 7.05 Å². The van der Waals surface area contributed by atoms with Crippen LogP contribution in [-0.4, -0.2) is 21.4 Å². The largest absolute Gasteiger partial charge is 0.538 e. The van der Waals surface area contributed by atoms with E-state index >= 15 is 0 Å². The van der Waals surface area contributed by atoms with E-state index in [2.05, 4.69) is 20.1 Å². The SMILES string of the molecule is CCC(Sc1c([O-])on[n+]1C)C(=O)Nc1ccc2[nH]ccc2c1. The number of aromatic nitrogens is 3. The van der Waals surface area contributed by atoms with Gasteiger partial charge in [0, 0.05) is 22.8 Å². The number of amides is 1. The molecule has 7 nitrogen and oxygen atoms in total. The van der Waals surface area contributed by atoms with Gasteiger partial charge in [0.1, 0.15) is 0 Å². The zero-order chi connectivity index (χ0) is 16.4. The number of hydrogen-bond donors (Lipinski definition) is 2. The molecule has 0 radical (unpaired) electrons. The second-order valence-corrected chi connectivity index (χ2v) is 6.26. The van der Waals surface area contributed by atoms with E-state index in [1.165, 1.54) is 4.68 Å². The maximum Gasteiger partial charge on any atom is 0.291 e. The Bertz CT molecular complexity index is 823. The van der Waals surface area contributed by atoms with Gasteiger partial charge in [0.25, 0.3) is 5.03 Å². The number of fused-ring (bicyclic) bond motifs is 1. The molecule has 0 saturated carbocycles.